The SMILES string of the molecule is O=C(CN1CCN(C[C@H](O)COc2ccc3oc(-c4ccccc4)nc3c2)CC1)Nc1ccccc1Oc1ccccc1. The molecule has 0 unspecified atom stereocenters. The van der Waals surface area contributed by atoms with E-state index in [1.54, 1.807) is 0 Å². The summed E-state index contributed by atoms with van der Waals surface area (Å²) in [5, 5.41) is 13.6. The van der Waals surface area contributed by atoms with Crippen molar-refractivity contribution in [2.45, 2.75) is 6.10 Å². The largest absolute Gasteiger partial charge is 0.491 e. The average Bonchev–Trinajstić information content (AvgIpc) is 3.47. The van der Waals surface area contributed by atoms with Gasteiger partial charge >= 0.3 is 0 Å². The Bertz CT molecular complexity index is 1640. The number of ether oxygens (including phenoxy) is 2. The molecule has 9 nitrogen and oxygen atoms in total. The molecule has 6 rings (SSSR count). The number of fused-ring (bicyclic) bond motifs is 1. The van der Waals surface area contributed by atoms with E-state index >= 15 is 0 Å². The van der Waals surface area contributed by atoms with Gasteiger partial charge in [-0.3, -0.25) is 14.6 Å². The van der Waals surface area contributed by atoms with Gasteiger partial charge in [0.1, 0.15) is 29.7 Å². The Labute approximate surface area is 250 Å². The van der Waals surface area contributed by atoms with Crippen LogP contribution in [0.1, 0.15) is 0 Å². The number of nitrogens with zero attached hydrogens (tertiary/aromatic N) is 3. The minimum absolute atomic E-state index is 0.0917. The summed E-state index contributed by atoms with van der Waals surface area (Å²) >= 11 is 0. The number of benzene rings is 4. The molecule has 1 aliphatic heterocycles. The van der Waals surface area contributed by atoms with Crippen LogP contribution in [0.3, 0.4) is 0 Å². The second kappa shape index (κ2) is 13.5. The molecular formula is C34H34N4O5. The summed E-state index contributed by atoms with van der Waals surface area (Å²) in [6, 6.07) is 32.2. The fourth-order valence-corrected chi connectivity index (χ4v) is 5.04. The van der Waals surface area contributed by atoms with Gasteiger partial charge < -0.3 is 24.3 Å². The van der Waals surface area contributed by atoms with Crippen LogP contribution in [0.15, 0.2) is 108 Å². The van der Waals surface area contributed by atoms with Gasteiger partial charge in [0.05, 0.1) is 12.2 Å². The molecule has 2 heterocycles. The first-order chi connectivity index (χ1) is 21.1. The Morgan fingerprint density at radius 1 is 0.860 bits per heavy atom. The van der Waals surface area contributed by atoms with Crippen molar-refractivity contribution in [3.8, 4) is 28.7 Å². The summed E-state index contributed by atoms with van der Waals surface area (Å²) in [5.74, 6) is 2.41. The number of nitrogens with one attached hydrogen (secondary N) is 1. The highest BCUT2D eigenvalue weighted by molar-refractivity contribution is 5.93. The minimum atomic E-state index is -0.649. The van der Waals surface area contributed by atoms with E-state index in [-0.39, 0.29) is 19.1 Å². The van der Waals surface area contributed by atoms with Crippen LogP contribution in [0.4, 0.5) is 5.69 Å². The molecule has 1 atom stereocenters. The number of aliphatic hydroxyl groups excluding tert-OH is 1. The lowest BCUT2D eigenvalue weighted by Crippen LogP contribution is -2.50. The second-order valence-electron chi connectivity index (χ2n) is 10.5. The second-order valence-corrected chi connectivity index (χ2v) is 10.5. The molecular weight excluding hydrogens is 544 g/mol. The van der Waals surface area contributed by atoms with E-state index in [9.17, 15) is 9.90 Å². The summed E-state index contributed by atoms with van der Waals surface area (Å²) < 4.78 is 17.7. The summed E-state index contributed by atoms with van der Waals surface area (Å²) in [4.78, 5) is 21.7. The van der Waals surface area contributed by atoms with Gasteiger partial charge in [-0.15, -0.1) is 0 Å². The number of aromatic nitrogens is 1. The standard InChI is InChI=1S/C34H34N4O5/c39-26(24-41-28-15-16-32-30(21-28)36-34(43-32)25-9-3-1-4-10-25)22-37-17-19-38(20-18-37)23-33(40)35-29-13-7-8-14-31(29)42-27-11-5-2-6-12-27/h1-16,21,26,39H,17-20,22-24H2,(H,35,40)/t26-/m0/s1. The maximum Gasteiger partial charge on any atom is 0.238 e. The number of para-hydroxylation sites is 3. The first-order valence-corrected chi connectivity index (χ1v) is 14.4. The third-order valence-electron chi connectivity index (χ3n) is 7.26. The monoisotopic (exact) mass is 578 g/mol. The molecule has 0 radical (unpaired) electrons. The molecule has 1 fully saturated rings. The number of carbonyl (C=O) groups excluding carboxylic acids is 1. The van der Waals surface area contributed by atoms with Crippen molar-refractivity contribution in [1.29, 1.82) is 0 Å². The van der Waals surface area contributed by atoms with Gasteiger partial charge in [0.15, 0.2) is 11.3 Å². The number of aliphatic hydroxyl groups is 1. The number of carbonyl (C=O) groups is 1. The van der Waals surface area contributed by atoms with Gasteiger partial charge in [0.2, 0.25) is 11.8 Å². The fourth-order valence-electron chi connectivity index (χ4n) is 5.04. The summed E-state index contributed by atoms with van der Waals surface area (Å²) in [6.07, 6.45) is -0.649. The molecule has 1 amide bonds. The van der Waals surface area contributed by atoms with E-state index in [0.717, 1.165) is 31.7 Å². The molecule has 1 aromatic heterocycles. The van der Waals surface area contributed by atoms with Crippen LogP contribution in [-0.4, -0.2) is 77.8 Å². The molecule has 4 aromatic carbocycles. The third kappa shape index (κ3) is 7.58. The van der Waals surface area contributed by atoms with E-state index in [4.69, 9.17) is 13.9 Å². The van der Waals surface area contributed by atoms with E-state index in [1.807, 2.05) is 103 Å². The van der Waals surface area contributed by atoms with Crippen LogP contribution >= 0.6 is 0 Å². The van der Waals surface area contributed by atoms with Crippen molar-refractivity contribution in [2.24, 2.45) is 0 Å². The number of oxazole rings is 1. The Kier molecular flexibility index (Phi) is 8.93. The molecule has 1 aliphatic rings. The highest BCUT2D eigenvalue weighted by atomic mass is 16.5. The zero-order chi connectivity index (χ0) is 29.4. The normalized spacial score (nSPS) is 14.8. The number of piperazine rings is 1. The van der Waals surface area contributed by atoms with Gasteiger partial charge in [-0.05, 0) is 48.5 Å². The number of anilines is 1. The van der Waals surface area contributed by atoms with Crippen LogP contribution in [-0.2, 0) is 4.79 Å². The molecule has 1 saturated heterocycles. The fraction of sp³-hybridized carbons (Fsp3) is 0.235. The molecule has 2 N–H and O–H groups in total. The van der Waals surface area contributed by atoms with Crippen molar-refractivity contribution in [1.82, 2.24) is 14.8 Å². The lowest BCUT2D eigenvalue weighted by Gasteiger charge is -2.35. The van der Waals surface area contributed by atoms with Crippen molar-refractivity contribution in [3.63, 3.8) is 0 Å². The Balaban J connectivity index is 0.935. The molecule has 0 aliphatic carbocycles. The van der Waals surface area contributed by atoms with Crippen LogP contribution in [0.2, 0.25) is 0 Å². The number of amides is 1. The van der Waals surface area contributed by atoms with E-state index in [2.05, 4.69) is 20.1 Å². The average molecular weight is 579 g/mol. The maximum absolute atomic E-state index is 12.8. The van der Waals surface area contributed by atoms with Crippen LogP contribution in [0, 0.1) is 0 Å². The molecule has 220 valence electrons. The summed E-state index contributed by atoms with van der Waals surface area (Å²) in [5.41, 5.74) is 2.94. The molecule has 5 aromatic rings. The first kappa shape index (κ1) is 28.4. The summed E-state index contributed by atoms with van der Waals surface area (Å²) in [7, 11) is 0. The van der Waals surface area contributed by atoms with Gasteiger partial charge in [0.25, 0.3) is 0 Å². The molecule has 9 heteroatoms. The zero-order valence-corrected chi connectivity index (χ0v) is 23.8. The minimum Gasteiger partial charge on any atom is -0.491 e. The maximum atomic E-state index is 12.8. The lowest BCUT2D eigenvalue weighted by molar-refractivity contribution is -0.117. The van der Waals surface area contributed by atoms with Gasteiger partial charge in [-0.1, -0.05) is 48.5 Å². The first-order valence-electron chi connectivity index (χ1n) is 14.4. The van der Waals surface area contributed by atoms with Crippen LogP contribution in [0.25, 0.3) is 22.6 Å². The molecule has 0 bridgehead atoms. The van der Waals surface area contributed by atoms with Crippen molar-refractivity contribution < 1.29 is 23.8 Å². The topological polar surface area (TPSA) is 100 Å². The van der Waals surface area contributed by atoms with Gasteiger partial charge in [-0.2, -0.15) is 0 Å². The molecule has 43 heavy (non-hydrogen) atoms. The number of hydrogen-bond donors (Lipinski definition) is 2. The molecule has 0 saturated carbocycles. The van der Waals surface area contributed by atoms with E-state index < -0.39 is 6.10 Å². The van der Waals surface area contributed by atoms with Gasteiger partial charge in [-0.25, -0.2) is 4.98 Å². The van der Waals surface area contributed by atoms with Crippen LogP contribution < -0.4 is 14.8 Å². The smallest absolute Gasteiger partial charge is 0.238 e. The Morgan fingerprint density at radius 3 is 2.35 bits per heavy atom. The van der Waals surface area contributed by atoms with Crippen LogP contribution in [0.5, 0.6) is 17.2 Å². The zero-order valence-electron chi connectivity index (χ0n) is 23.8. The summed E-state index contributed by atoms with van der Waals surface area (Å²) in [6.45, 7) is 3.92. The quantitative estimate of drug-likeness (QED) is 0.218. The Hall–Kier alpha value is -4.70. The van der Waals surface area contributed by atoms with Gasteiger partial charge in [0, 0.05) is 44.4 Å². The van der Waals surface area contributed by atoms with E-state index in [1.165, 1.54) is 0 Å². The van der Waals surface area contributed by atoms with E-state index in [0.29, 0.717) is 46.5 Å². The van der Waals surface area contributed by atoms with Crippen molar-refractivity contribution in [3.05, 3.63) is 103 Å². The molecule has 0 spiro atoms. The predicted molar refractivity (Wildman–Crippen MR) is 165 cm³/mol. The number of hydrogen-bond acceptors (Lipinski definition) is 8. The predicted octanol–water partition coefficient (Wildman–Crippen LogP) is 5.28. The number of rotatable bonds is 11. The van der Waals surface area contributed by atoms with Crippen molar-refractivity contribution in [2.75, 3.05) is 51.2 Å². The lowest BCUT2D eigenvalue weighted by atomic mass is 10.2. The van der Waals surface area contributed by atoms with Crippen molar-refractivity contribution >= 4 is 22.7 Å². The third-order valence-corrected chi connectivity index (χ3v) is 7.26. The Morgan fingerprint density at radius 2 is 1.56 bits per heavy atom. The highest BCUT2D eigenvalue weighted by Gasteiger charge is 2.22. The number of β-amino-alcohol motifs (C(OH)–C–C–N with tert-alkyl or cyclic N) is 1. The highest BCUT2D eigenvalue weighted by Crippen LogP contribution is 2.29.